The van der Waals surface area contributed by atoms with Crippen LogP contribution in [-0.2, 0) is 4.74 Å². The van der Waals surface area contributed by atoms with E-state index in [4.69, 9.17) is 4.74 Å². The van der Waals surface area contributed by atoms with Gasteiger partial charge in [-0.2, -0.15) is 0 Å². The predicted octanol–water partition coefficient (Wildman–Crippen LogP) is 3.07. The first-order chi connectivity index (χ1) is 7.86. The van der Waals surface area contributed by atoms with Crippen molar-refractivity contribution in [1.29, 1.82) is 0 Å². The van der Waals surface area contributed by atoms with Gasteiger partial charge in [0.05, 0.1) is 4.88 Å². The number of rotatable bonds is 3. The van der Waals surface area contributed by atoms with Crippen LogP contribution in [0.25, 0.3) is 0 Å². The Balaban J connectivity index is 1.75. The lowest BCUT2D eigenvalue weighted by Crippen LogP contribution is -2.05. The zero-order valence-corrected chi connectivity index (χ0v) is 9.31. The van der Waals surface area contributed by atoms with E-state index in [1.165, 1.54) is 11.3 Å². The summed E-state index contributed by atoms with van der Waals surface area (Å²) in [5, 5.41) is 1.91. The lowest BCUT2D eigenvalue weighted by atomic mass is 10.1. The summed E-state index contributed by atoms with van der Waals surface area (Å²) >= 11 is 1.47. The maximum absolute atomic E-state index is 11.9. The highest BCUT2D eigenvalue weighted by Crippen LogP contribution is 2.40. The standard InChI is InChI=1S/C13H10O2S/c14-11(10-7-4-8-16-10)13-12(15-13)9-5-2-1-3-6-9/h1-8,12-13H/t12-,13+/m1/s1. The summed E-state index contributed by atoms with van der Waals surface area (Å²) in [4.78, 5) is 12.7. The van der Waals surface area contributed by atoms with Gasteiger partial charge < -0.3 is 4.74 Å². The third-order valence-corrected chi connectivity index (χ3v) is 3.53. The molecule has 1 aromatic heterocycles. The van der Waals surface area contributed by atoms with Crippen LogP contribution in [0.5, 0.6) is 0 Å². The molecule has 0 aliphatic carbocycles. The van der Waals surface area contributed by atoms with Gasteiger partial charge in [-0.3, -0.25) is 4.79 Å². The molecule has 0 radical (unpaired) electrons. The van der Waals surface area contributed by atoms with Gasteiger partial charge in [0, 0.05) is 0 Å². The summed E-state index contributed by atoms with van der Waals surface area (Å²) in [7, 11) is 0. The lowest BCUT2D eigenvalue weighted by molar-refractivity contribution is 0.0957. The maximum atomic E-state index is 11.9. The van der Waals surface area contributed by atoms with E-state index in [-0.39, 0.29) is 18.0 Å². The Labute approximate surface area is 97.5 Å². The van der Waals surface area contributed by atoms with Gasteiger partial charge in [-0.15, -0.1) is 11.3 Å². The summed E-state index contributed by atoms with van der Waals surface area (Å²) in [5.41, 5.74) is 1.08. The highest BCUT2D eigenvalue weighted by molar-refractivity contribution is 7.12. The number of thiophene rings is 1. The number of epoxide rings is 1. The van der Waals surface area contributed by atoms with Crippen molar-refractivity contribution in [1.82, 2.24) is 0 Å². The molecular formula is C13H10O2S. The van der Waals surface area contributed by atoms with Crippen LogP contribution in [0.15, 0.2) is 47.8 Å². The molecule has 0 spiro atoms. The van der Waals surface area contributed by atoms with E-state index >= 15 is 0 Å². The van der Waals surface area contributed by atoms with Gasteiger partial charge in [-0.25, -0.2) is 0 Å². The molecule has 0 amide bonds. The number of benzene rings is 1. The van der Waals surface area contributed by atoms with E-state index in [1.54, 1.807) is 0 Å². The Kier molecular flexibility index (Phi) is 2.35. The van der Waals surface area contributed by atoms with Gasteiger partial charge in [0.25, 0.3) is 0 Å². The normalized spacial score (nSPS) is 23.0. The van der Waals surface area contributed by atoms with Crippen LogP contribution < -0.4 is 0 Å². The third-order valence-electron chi connectivity index (χ3n) is 2.64. The van der Waals surface area contributed by atoms with Crippen molar-refractivity contribution in [2.24, 2.45) is 0 Å². The Morgan fingerprint density at radius 2 is 1.94 bits per heavy atom. The van der Waals surface area contributed by atoms with Crippen molar-refractivity contribution in [3.8, 4) is 0 Å². The van der Waals surface area contributed by atoms with Crippen LogP contribution >= 0.6 is 11.3 Å². The largest absolute Gasteiger partial charge is 0.356 e. The van der Waals surface area contributed by atoms with Gasteiger partial charge in [-0.05, 0) is 17.0 Å². The third kappa shape index (κ3) is 1.68. The molecule has 1 aliphatic rings. The minimum atomic E-state index is -0.277. The van der Waals surface area contributed by atoms with Gasteiger partial charge in [-0.1, -0.05) is 36.4 Å². The topological polar surface area (TPSA) is 29.6 Å². The Bertz CT molecular complexity index is 490. The average Bonchev–Trinajstić information content (AvgIpc) is 2.95. The minimum absolute atomic E-state index is 0.0456. The first kappa shape index (κ1) is 9.75. The van der Waals surface area contributed by atoms with Gasteiger partial charge in [0.1, 0.15) is 6.10 Å². The van der Waals surface area contributed by atoms with Crippen molar-refractivity contribution in [3.63, 3.8) is 0 Å². The van der Waals surface area contributed by atoms with Crippen LogP contribution in [-0.4, -0.2) is 11.9 Å². The van der Waals surface area contributed by atoms with Gasteiger partial charge in [0.15, 0.2) is 6.10 Å². The second-order valence-electron chi connectivity index (χ2n) is 3.73. The highest BCUT2D eigenvalue weighted by Gasteiger charge is 2.46. The maximum Gasteiger partial charge on any atom is 0.204 e. The van der Waals surface area contributed by atoms with Crippen LogP contribution in [0.4, 0.5) is 0 Å². The van der Waals surface area contributed by atoms with Gasteiger partial charge in [0.2, 0.25) is 5.78 Å². The fraction of sp³-hybridized carbons (Fsp3) is 0.154. The van der Waals surface area contributed by atoms with Gasteiger partial charge >= 0.3 is 0 Å². The summed E-state index contributed by atoms with van der Waals surface area (Å²) in [6.07, 6.45) is -0.322. The van der Waals surface area contributed by atoms with Crippen LogP contribution in [0, 0.1) is 0 Å². The minimum Gasteiger partial charge on any atom is -0.356 e. The summed E-state index contributed by atoms with van der Waals surface area (Å²) in [6, 6.07) is 13.6. The Morgan fingerprint density at radius 1 is 1.12 bits per heavy atom. The number of carbonyl (C=O) groups excluding carboxylic acids is 1. The van der Waals surface area contributed by atoms with E-state index in [0.29, 0.717) is 0 Å². The molecule has 16 heavy (non-hydrogen) atoms. The van der Waals surface area contributed by atoms with Crippen molar-refractivity contribution in [2.45, 2.75) is 12.2 Å². The van der Waals surface area contributed by atoms with Crippen molar-refractivity contribution < 1.29 is 9.53 Å². The second kappa shape index (κ2) is 3.85. The number of ketones is 1. The van der Waals surface area contributed by atoms with E-state index in [1.807, 2.05) is 47.8 Å². The molecule has 0 N–H and O–H groups in total. The quantitative estimate of drug-likeness (QED) is 0.599. The number of ether oxygens (including phenoxy) is 1. The molecule has 2 nitrogen and oxygen atoms in total. The molecule has 0 saturated carbocycles. The zero-order valence-electron chi connectivity index (χ0n) is 8.50. The van der Waals surface area contributed by atoms with E-state index in [9.17, 15) is 4.79 Å². The van der Waals surface area contributed by atoms with Crippen molar-refractivity contribution in [3.05, 3.63) is 58.3 Å². The molecule has 1 saturated heterocycles. The first-order valence-corrected chi connectivity index (χ1v) is 6.02. The van der Waals surface area contributed by atoms with Crippen LogP contribution in [0.2, 0.25) is 0 Å². The number of hydrogen-bond acceptors (Lipinski definition) is 3. The summed E-state index contributed by atoms with van der Waals surface area (Å²) in [5.74, 6) is 0.101. The molecule has 0 bridgehead atoms. The fourth-order valence-corrected chi connectivity index (χ4v) is 2.46. The number of hydrogen-bond donors (Lipinski definition) is 0. The molecule has 2 atom stereocenters. The summed E-state index contributed by atoms with van der Waals surface area (Å²) < 4.78 is 5.45. The van der Waals surface area contributed by atoms with Crippen LogP contribution in [0.3, 0.4) is 0 Å². The SMILES string of the molecule is O=C(c1cccs1)[C@@H]1O[C@@H]1c1ccccc1. The van der Waals surface area contributed by atoms with E-state index in [0.717, 1.165) is 10.4 Å². The van der Waals surface area contributed by atoms with Crippen molar-refractivity contribution in [2.75, 3.05) is 0 Å². The second-order valence-corrected chi connectivity index (χ2v) is 4.68. The predicted molar refractivity (Wildman–Crippen MR) is 62.7 cm³/mol. The summed E-state index contributed by atoms with van der Waals surface area (Å²) in [6.45, 7) is 0. The molecule has 1 aliphatic heterocycles. The molecule has 1 aromatic carbocycles. The zero-order chi connectivity index (χ0) is 11.0. The molecule has 3 heteroatoms. The smallest absolute Gasteiger partial charge is 0.204 e. The van der Waals surface area contributed by atoms with E-state index in [2.05, 4.69) is 0 Å². The molecule has 1 fully saturated rings. The Morgan fingerprint density at radius 3 is 2.62 bits per heavy atom. The highest BCUT2D eigenvalue weighted by atomic mass is 32.1. The molecule has 80 valence electrons. The lowest BCUT2D eigenvalue weighted by Gasteiger charge is -1.93. The first-order valence-electron chi connectivity index (χ1n) is 5.14. The number of carbonyl (C=O) groups is 1. The Hall–Kier alpha value is -1.45. The average molecular weight is 230 g/mol. The fourth-order valence-electron chi connectivity index (χ4n) is 1.77. The molecule has 2 heterocycles. The van der Waals surface area contributed by atoms with E-state index < -0.39 is 0 Å². The monoisotopic (exact) mass is 230 g/mol. The molecule has 3 rings (SSSR count). The number of Topliss-reactive ketones (excluding diaryl/α,β-unsaturated/α-hetero) is 1. The van der Waals surface area contributed by atoms with Crippen molar-refractivity contribution >= 4 is 17.1 Å². The molecule has 0 unspecified atom stereocenters. The molecular weight excluding hydrogens is 220 g/mol. The van der Waals surface area contributed by atoms with Crippen LogP contribution in [0.1, 0.15) is 21.3 Å². The molecule has 2 aromatic rings.